The largest absolute Gasteiger partial charge is 0.395 e. The maximum Gasteiger partial charge on any atom is 0.0597 e. The third kappa shape index (κ3) is 5.28. The molecule has 0 bridgehead atoms. The van der Waals surface area contributed by atoms with Crippen molar-refractivity contribution in [1.29, 1.82) is 0 Å². The number of hydrogen-bond acceptors (Lipinski definition) is 3. The molecule has 3 heteroatoms. The average Bonchev–Trinajstić information content (AvgIpc) is 2.98. The van der Waals surface area contributed by atoms with E-state index < -0.39 is 0 Å². The average molecular weight is 228 g/mol. The van der Waals surface area contributed by atoms with Gasteiger partial charge in [-0.25, -0.2) is 0 Å². The third-order valence-corrected chi connectivity index (χ3v) is 3.16. The lowest BCUT2D eigenvalue weighted by atomic mass is 10.2. The van der Waals surface area contributed by atoms with Crippen LogP contribution in [0, 0.1) is 5.92 Å². The summed E-state index contributed by atoms with van der Waals surface area (Å²) in [6, 6.07) is 1.22. The number of nitrogens with one attached hydrogen (secondary N) is 1. The van der Waals surface area contributed by atoms with Crippen molar-refractivity contribution in [1.82, 2.24) is 10.2 Å². The van der Waals surface area contributed by atoms with Crippen molar-refractivity contribution in [3.8, 4) is 0 Å². The van der Waals surface area contributed by atoms with Crippen molar-refractivity contribution in [2.24, 2.45) is 5.92 Å². The molecule has 0 saturated heterocycles. The Balaban J connectivity index is 2.37. The SMILES string of the molecule is CC(C)NC(CO)CN(CC1CC1)C(C)C. The summed E-state index contributed by atoms with van der Waals surface area (Å²) in [5.41, 5.74) is 0. The number of hydrogen-bond donors (Lipinski definition) is 2. The zero-order chi connectivity index (χ0) is 12.1. The normalized spacial score (nSPS) is 18.8. The summed E-state index contributed by atoms with van der Waals surface area (Å²) >= 11 is 0. The molecule has 0 aromatic rings. The minimum absolute atomic E-state index is 0.209. The highest BCUT2D eigenvalue weighted by Gasteiger charge is 2.26. The van der Waals surface area contributed by atoms with Crippen LogP contribution in [0.5, 0.6) is 0 Å². The Morgan fingerprint density at radius 1 is 1.25 bits per heavy atom. The van der Waals surface area contributed by atoms with Crippen molar-refractivity contribution in [2.75, 3.05) is 19.7 Å². The molecule has 3 nitrogen and oxygen atoms in total. The molecule has 96 valence electrons. The summed E-state index contributed by atoms with van der Waals surface area (Å²) in [6.07, 6.45) is 2.79. The molecular formula is C13H28N2O. The fraction of sp³-hybridized carbons (Fsp3) is 1.00. The lowest BCUT2D eigenvalue weighted by molar-refractivity contribution is 0.148. The van der Waals surface area contributed by atoms with Gasteiger partial charge in [0.05, 0.1) is 6.61 Å². The molecule has 0 aromatic heterocycles. The fourth-order valence-electron chi connectivity index (χ4n) is 2.05. The van der Waals surface area contributed by atoms with Crippen molar-refractivity contribution in [2.45, 2.75) is 58.7 Å². The van der Waals surface area contributed by atoms with Crippen LogP contribution >= 0.6 is 0 Å². The molecule has 1 rings (SSSR count). The van der Waals surface area contributed by atoms with E-state index in [1.54, 1.807) is 0 Å². The van der Waals surface area contributed by atoms with E-state index in [4.69, 9.17) is 0 Å². The van der Waals surface area contributed by atoms with Crippen molar-refractivity contribution in [3.63, 3.8) is 0 Å². The van der Waals surface area contributed by atoms with E-state index in [1.165, 1.54) is 19.4 Å². The molecule has 0 radical (unpaired) electrons. The third-order valence-electron chi connectivity index (χ3n) is 3.16. The van der Waals surface area contributed by atoms with Crippen LogP contribution in [0.25, 0.3) is 0 Å². The summed E-state index contributed by atoms with van der Waals surface area (Å²) in [7, 11) is 0. The van der Waals surface area contributed by atoms with Gasteiger partial charge in [0, 0.05) is 31.2 Å². The maximum atomic E-state index is 9.37. The Bertz CT molecular complexity index is 190. The Morgan fingerprint density at radius 2 is 1.88 bits per heavy atom. The molecule has 1 aliphatic carbocycles. The van der Waals surface area contributed by atoms with Crippen LogP contribution in [-0.2, 0) is 0 Å². The van der Waals surface area contributed by atoms with E-state index in [9.17, 15) is 5.11 Å². The van der Waals surface area contributed by atoms with Gasteiger partial charge in [-0.2, -0.15) is 0 Å². The number of nitrogens with zero attached hydrogens (tertiary/aromatic N) is 1. The van der Waals surface area contributed by atoms with Gasteiger partial charge in [0.2, 0.25) is 0 Å². The first kappa shape index (κ1) is 13.9. The van der Waals surface area contributed by atoms with Gasteiger partial charge in [-0.15, -0.1) is 0 Å². The molecule has 1 saturated carbocycles. The molecule has 1 atom stereocenters. The number of aliphatic hydroxyl groups excluding tert-OH is 1. The molecule has 16 heavy (non-hydrogen) atoms. The van der Waals surface area contributed by atoms with E-state index in [2.05, 4.69) is 37.9 Å². The predicted octanol–water partition coefficient (Wildman–Crippen LogP) is 1.47. The summed E-state index contributed by atoms with van der Waals surface area (Å²) in [5, 5.41) is 12.8. The van der Waals surface area contributed by atoms with E-state index in [0.717, 1.165) is 12.5 Å². The highest BCUT2D eigenvalue weighted by molar-refractivity contribution is 4.82. The zero-order valence-corrected chi connectivity index (χ0v) is 11.2. The predicted molar refractivity (Wildman–Crippen MR) is 68.6 cm³/mol. The van der Waals surface area contributed by atoms with Crippen LogP contribution in [0.15, 0.2) is 0 Å². The van der Waals surface area contributed by atoms with Gasteiger partial charge in [-0.1, -0.05) is 13.8 Å². The van der Waals surface area contributed by atoms with Crippen LogP contribution in [-0.4, -0.2) is 47.8 Å². The first-order valence-electron chi connectivity index (χ1n) is 6.63. The summed E-state index contributed by atoms with van der Waals surface area (Å²) in [5.74, 6) is 0.917. The lowest BCUT2D eigenvalue weighted by Crippen LogP contribution is -2.48. The maximum absolute atomic E-state index is 9.37. The molecule has 2 N–H and O–H groups in total. The second-order valence-electron chi connectivity index (χ2n) is 5.69. The minimum atomic E-state index is 0.209. The van der Waals surface area contributed by atoms with Crippen LogP contribution < -0.4 is 5.32 Å². The van der Waals surface area contributed by atoms with Gasteiger partial charge in [0.25, 0.3) is 0 Å². The Hall–Kier alpha value is -0.120. The summed E-state index contributed by atoms with van der Waals surface area (Å²) in [6.45, 7) is 11.1. The molecule has 0 heterocycles. The van der Waals surface area contributed by atoms with Crippen LogP contribution in [0.1, 0.15) is 40.5 Å². The van der Waals surface area contributed by atoms with Crippen LogP contribution in [0.2, 0.25) is 0 Å². The van der Waals surface area contributed by atoms with Crippen molar-refractivity contribution >= 4 is 0 Å². The molecule has 1 fully saturated rings. The molecule has 1 aliphatic rings. The topological polar surface area (TPSA) is 35.5 Å². The zero-order valence-electron chi connectivity index (χ0n) is 11.2. The first-order chi connectivity index (χ1) is 7.52. The van der Waals surface area contributed by atoms with Gasteiger partial charge >= 0.3 is 0 Å². The molecule has 0 amide bonds. The quantitative estimate of drug-likeness (QED) is 0.660. The van der Waals surface area contributed by atoms with Gasteiger partial charge in [0.15, 0.2) is 0 Å². The first-order valence-corrected chi connectivity index (χ1v) is 6.63. The Labute approximate surface area is 100 Å². The summed E-state index contributed by atoms with van der Waals surface area (Å²) in [4.78, 5) is 2.49. The van der Waals surface area contributed by atoms with Crippen LogP contribution in [0.4, 0.5) is 0 Å². The van der Waals surface area contributed by atoms with Crippen LogP contribution in [0.3, 0.4) is 0 Å². The molecule has 0 spiro atoms. The second kappa shape index (κ2) is 6.58. The molecule has 0 aliphatic heterocycles. The fourth-order valence-corrected chi connectivity index (χ4v) is 2.05. The van der Waals surface area contributed by atoms with E-state index in [-0.39, 0.29) is 12.6 Å². The van der Waals surface area contributed by atoms with Gasteiger partial charge in [0.1, 0.15) is 0 Å². The van der Waals surface area contributed by atoms with E-state index in [1.807, 2.05) is 0 Å². The van der Waals surface area contributed by atoms with E-state index in [0.29, 0.717) is 12.1 Å². The lowest BCUT2D eigenvalue weighted by Gasteiger charge is -2.31. The van der Waals surface area contributed by atoms with E-state index >= 15 is 0 Å². The van der Waals surface area contributed by atoms with Crippen molar-refractivity contribution < 1.29 is 5.11 Å². The second-order valence-corrected chi connectivity index (χ2v) is 5.69. The Kier molecular flexibility index (Phi) is 5.73. The minimum Gasteiger partial charge on any atom is -0.395 e. The molecule has 0 aromatic carbocycles. The standard InChI is InChI=1S/C13H28N2O/c1-10(2)14-13(9-16)8-15(11(3)4)7-12-5-6-12/h10-14,16H,5-9H2,1-4H3. The van der Waals surface area contributed by atoms with Gasteiger partial charge < -0.3 is 10.4 Å². The smallest absolute Gasteiger partial charge is 0.0597 e. The van der Waals surface area contributed by atoms with Crippen molar-refractivity contribution in [3.05, 3.63) is 0 Å². The highest BCUT2D eigenvalue weighted by atomic mass is 16.3. The van der Waals surface area contributed by atoms with Gasteiger partial charge in [-0.05, 0) is 32.6 Å². The molecule has 1 unspecified atom stereocenters. The highest BCUT2D eigenvalue weighted by Crippen LogP contribution is 2.30. The number of rotatable bonds is 8. The van der Waals surface area contributed by atoms with Gasteiger partial charge in [-0.3, -0.25) is 4.90 Å². The monoisotopic (exact) mass is 228 g/mol. The Morgan fingerprint density at radius 3 is 2.25 bits per heavy atom. The number of aliphatic hydroxyl groups is 1. The molecular weight excluding hydrogens is 200 g/mol. The summed E-state index contributed by atoms with van der Waals surface area (Å²) < 4.78 is 0.